The van der Waals surface area contributed by atoms with Crippen LogP contribution < -0.4 is 5.32 Å². The summed E-state index contributed by atoms with van der Waals surface area (Å²) >= 11 is 12.1. The van der Waals surface area contributed by atoms with Crippen LogP contribution in [0.2, 0.25) is 10.0 Å². The number of benzene rings is 1. The second-order valence-electron chi connectivity index (χ2n) is 4.82. The molecule has 1 saturated heterocycles. The van der Waals surface area contributed by atoms with E-state index in [2.05, 4.69) is 14.9 Å². The largest absolute Gasteiger partial charge is 0.309 e. The minimum Gasteiger partial charge on any atom is -0.309 e. The second kappa shape index (κ2) is 5.53. The van der Waals surface area contributed by atoms with E-state index in [1.54, 1.807) is 6.07 Å². The van der Waals surface area contributed by atoms with Crippen molar-refractivity contribution in [1.82, 2.24) is 14.9 Å². The molecule has 3 nitrogen and oxygen atoms in total. The Balaban J connectivity index is 1.98. The number of imidazole rings is 1. The van der Waals surface area contributed by atoms with E-state index in [0.29, 0.717) is 16.1 Å². The van der Waals surface area contributed by atoms with Crippen molar-refractivity contribution in [1.29, 1.82) is 0 Å². The Morgan fingerprint density at radius 2 is 1.95 bits per heavy atom. The van der Waals surface area contributed by atoms with Crippen LogP contribution in [0, 0.1) is 0 Å². The fourth-order valence-corrected chi connectivity index (χ4v) is 3.08. The van der Waals surface area contributed by atoms with Gasteiger partial charge >= 0.3 is 0 Å². The fourth-order valence-electron chi connectivity index (χ4n) is 2.56. The Morgan fingerprint density at radius 3 is 2.63 bits per heavy atom. The van der Waals surface area contributed by atoms with Crippen molar-refractivity contribution >= 4 is 23.2 Å². The minimum absolute atomic E-state index is 0.356. The lowest BCUT2D eigenvalue weighted by atomic mass is 10.0. The molecular formula is C14H15Cl2N3. The van der Waals surface area contributed by atoms with E-state index in [-0.39, 0.29) is 0 Å². The molecule has 100 valence electrons. The van der Waals surface area contributed by atoms with Crippen molar-refractivity contribution in [2.45, 2.75) is 25.3 Å². The van der Waals surface area contributed by atoms with Crippen LogP contribution in [-0.2, 0) is 0 Å². The molecule has 0 saturated carbocycles. The highest BCUT2D eigenvalue weighted by atomic mass is 35.5. The molecule has 0 amide bonds. The van der Waals surface area contributed by atoms with Gasteiger partial charge in [0.05, 0.1) is 18.2 Å². The number of nitrogens with zero attached hydrogens (tertiary/aromatic N) is 2. The van der Waals surface area contributed by atoms with Gasteiger partial charge in [0, 0.05) is 21.8 Å². The van der Waals surface area contributed by atoms with Gasteiger partial charge in [-0.05, 0) is 37.6 Å². The summed E-state index contributed by atoms with van der Waals surface area (Å²) < 4.78 is 2.06. The first-order valence-corrected chi connectivity index (χ1v) is 7.22. The summed E-state index contributed by atoms with van der Waals surface area (Å²) in [6, 6.07) is 5.90. The first-order chi connectivity index (χ1) is 9.24. The van der Waals surface area contributed by atoms with Crippen molar-refractivity contribution in [3.05, 3.63) is 46.5 Å². The van der Waals surface area contributed by atoms with Gasteiger partial charge in [0.1, 0.15) is 0 Å². The zero-order chi connectivity index (χ0) is 13.2. The number of hydrogen-bond acceptors (Lipinski definition) is 2. The summed E-state index contributed by atoms with van der Waals surface area (Å²) in [5, 5.41) is 4.81. The van der Waals surface area contributed by atoms with Gasteiger partial charge in [-0.1, -0.05) is 29.6 Å². The highest BCUT2D eigenvalue weighted by molar-refractivity contribution is 6.34. The number of halogens is 2. The minimum atomic E-state index is 0.356. The van der Waals surface area contributed by atoms with Crippen LogP contribution in [0.1, 0.15) is 31.0 Å². The molecule has 2 aromatic rings. The molecule has 19 heavy (non-hydrogen) atoms. The molecule has 0 aliphatic carbocycles. The Labute approximate surface area is 122 Å². The summed E-state index contributed by atoms with van der Waals surface area (Å²) in [5.41, 5.74) is 2.12. The van der Waals surface area contributed by atoms with Crippen LogP contribution in [0.5, 0.6) is 0 Å². The van der Waals surface area contributed by atoms with E-state index in [0.717, 1.165) is 24.3 Å². The molecule has 1 unspecified atom stereocenters. The van der Waals surface area contributed by atoms with Gasteiger partial charge in [0.25, 0.3) is 0 Å². The monoisotopic (exact) mass is 295 g/mol. The zero-order valence-corrected chi connectivity index (χ0v) is 12.0. The molecule has 1 aromatic heterocycles. The fraction of sp³-hybridized carbons (Fsp3) is 0.357. The molecule has 1 atom stereocenters. The number of piperidine rings is 1. The zero-order valence-electron chi connectivity index (χ0n) is 10.4. The summed E-state index contributed by atoms with van der Waals surface area (Å²) in [5.74, 6) is 0. The molecule has 0 radical (unpaired) electrons. The average molecular weight is 296 g/mol. The molecule has 1 aromatic carbocycles. The number of hydrogen-bond donors (Lipinski definition) is 1. The molecule has 0 bridgehead atoms. The molecule has 5 heteroatoms. The quantitative estimate of drug-likeness (QED) is 0.908. The van der Waals surface area contributed by atoms with E-state index in [9.17, 15) is 0 Å². The van der Waals surface area contributed by atoms with Crippen LogP contribution in [0.4, 0.5) is 0 Å². The Hall–Kier alpha value is -1.03. The van der Waals surface area contributed by atoms with Crippen LogP contribution in [-0.4, -0.2) is 16.1 Å². The predicted octanol–water partition coefficient (Wildman–Crippen LogP) is 3.99. The molecule has 1 N–H and O–H groups in total. The van der Waals surface area contributed by atoms with Crippen LogP contribution in [0.3, 0.4) is 0 Å². The molecule has 2 heterocycles. The first kappa shape index (κ1) is 13.0. The van der Waals surface area contributed by atoms with E-state index in [1.165, 1.54) is 12.8 Å². The maximum absolute atomic E-state index is 6.07. The van der Waals surface area contributed by atoms with Gasteiger partial charge in [-0.2, -0.15) is 0 Å². The van der Waals surface area contributed by atoms with Crippen molar-refractivity contribution in [3.63, 3.8) is 0 Å². The second-order valence-corrected chi connectivity index (χ2v) is 5.69. The summed E-state index contributed by atoms with van der Waals surface area (Å²) in [6.45, 7) is 1.06. The standard InChI is InChI=1S/C14H15Cl2N3/c15-10-5-11(16)7-12(6-10)19-9-17-8-14(19)13-3-1-2-4-18-13/h5-9,13,18H,1-4H2. The smallest absolute Gasteiger partial charge is 0.0994 e. The van der Waals surface area contributed by atoms with Crippen LogP contribution in [0.15, 0.2) is 30.7 Å². The average Bonchev–Trinajstić information content (AvgIpc) is 2.88. The molecule has 1 aliphatic rings. The van der Waals surface area contributed by atoms with Gasteiger partial charge in [0.15, 0.2) is 0 Å². The Kier molecular flexibility index (Phi) is 3.78. The highest BCUT2D eigenvalue weighted by Gasteiger charge is 2.19. The molecule has 0 spiro atoms. The van der Waals surface area contributed by atoms with E-state index in [1.807, 2.05) is 24.7 Å². The van der Waals surface area contributed by atoms with Crippen molar-refractivity contribution < 1.29 is 0 Å². The number of rotatable bonds is 2. The van der Waals surface area contributed by atoms with Crippen LogP contribution >= 0.6 is 23.2 Å². The lowest BCUT2D eigenvalue weighted by Crippen LogP contribution is -2.28. The third-order valence-corrected chi connectivity index (χ3v) is 3.90. The summed E-state index contributed by atoms with van der Waals surface area (Å²) in [4.78, 5) is 4.27. The number of aromatic nitrogens is 2. The van der Waals surface area contributed by atoms with Crippen molar-refractivity contribution in [2.24, 2.45) is 0 Å². The number of nitrogens with one attached hydrogen (secondary N) is 1. The molecule has 1 aliphatic heterocycles. The third-order valence-electron chi connectivity index (χ3n) is 3.46. The van der Waals surface area contributed by atoms with Crippen molar-refractivity contribution in [2.75, 3.05) is 6.54 Å². The highest BCUT2D eigenvalue weighted by Crippen LogP contribution is 2.27. The van der Waals surface area contributed by atoms with Gasteiger partial charge in [-0.15, -0.1) is 0 Å². The maximum Gasteiger partial charge on any atom is 0.0994 e. The van der Waals surface area contributed by atoms with Gasteiger partial charge in [-0.25, -0.2) is 4.98 Å². The summed E-state index contributed by atoms with van der Waals surface area (Å²) in [6.07, 6.45) is 7.36. The third kappa shape index (κ3) is 2.78. The van der Waals surface area contributed by atoms with E-state index in [4.69, 9.17) is 23.2 Å². The van der Waals surface area contributed by atoms with Gasteiger partial charge < -0.3 is 9.88 Å². The van der Waals surface area contributed by atoms with Gasteiger partial charge in [0.2, 0.25) is 0 Å². The Morgan fingerprint density at radius 1 is 1.16 bits per heavy atom. The van der Waals surface area contributed by atoms with Gasteiger partial charge in [-0.3, -0.25) is 0 Å². The lowest BCUT2D eigenvalue weighted by molar-refractivity contribution is 0.402. The van der Waals surface area contributed by atoms with E-state index >= 15 is 0 Å². The van der Waals surface area contributed by atoms with E-state index < -0.39 is 0 Å². The summed E-state index contributed by atoms with van der Waals surface area (Å²) in [7, 11) is 0. The first-order valence-electron chi connectivity index (χ1n) is 6.46. The molecular weight excluding hydrogens is 281 g/mol. The maximum atomic E-state index is 6.07. The predicted molar refractivity (Wildman–Crippen MR) is 78.2 cm³/mol. The molecule has 3 rings (SSSR count). The van der Waals surface area contributed by atoms with Crippen molar-refractivity contribution in [3.8, 4) is 5.69 Å². The van der Waals surface area contributed by atoms with Crippen LogP contribution in [0.25, 0.3) is 5.69 Å². The Bertz CT molecular complexity index is 554. The normalized spacial score (nSPS) is 19.6. The molecule has 1 fully saturated rings. The SMILES string of the molecule is Clc1cc(Cl)cc(-n2cncc2C2CCCCN2)c1. The lowest BCUT2D eigenvalue weighted by Gasteiger charge is -2.24. The topological polar surface area (TPSA) is 29.9 Å².